The summed E-state index contributed by atoms with van der Waals surface area (Å²) in [4.78, 5) is 12.1. The lowest BCUT2D eigenvalue weighted by Gasteiger charge is -2.24. The highest BCUT2D eigenvalue weighted by Crippen LogP contribution is 2.45. The molecule has 0 aliphatic carbocycles. The van der Waals surface area contributed by atoms with E-state index < -0.39 is 11.9 Å². The minimum Gasteiger partial charge on any atom is -0.457 e. The fourth-order valence-electron chi connectivity index (χ4n) is 3.80. The van der Waals surface area contributed by atoms with Gasteiger partial charge in [-0.25, -0.2) is 4.79 Å². The summed E-state index contributed by atoms with van der Waals surface area (Å²) < 4.78 is 16.1. The van der Waals surface area contributed by atoms with Crippen molar-refractivity contribution in [2.45, 2.75) is 12.8 Å². The maximum Gasteiger partial charge on any atom is 0.379 e. The standard InChI is InChI=1S/C25H18N4O4/c1-14-4-6-16(7-5-14)22-21-20(18(13-26)23(27)33-24(21)29-28-22)15-8-10-17(11-9-15)32-25(30)19-3-2-12-31-19/h2-12,20H,27H2,1H3,(H,28,29)/t20-/m1/s1. The SMILES string of the molecule is Cc1ccc(-c2[nH]nc3c2[C@H](c2ccc(OC(=O)c4ccco4)cc2)C(C#N)=C(N)O3)cc1. The smallest absolute Gasteiger partial charge is 0.379 e. The maximum absolute atomic E-state index is 12.1. The average Bonchev–Trinajstić information content (AvgIpc) is 3.50. The van der Waals surface area contributed by atoms with Crippen molar-refractivity contribution in [1.29, 1.82) is 5.26 Å². The van der Waals surface area contributed by atoms with Crippen LogP contribution in [0.1, 0.15) is 33.2 Å². The zero-order valence-corrected chi connectivity index (χ0v) is 17.5. The number of benzene rings is 2. The number of aromatic nitrogens is 2. The summed E-state index contributed by atoms with van der Waals surface area (Å²) in [6.45, 7) is 2.01. The summed E-state index contributed by atoms with van der Waals surface area (Å²) in [5.74, 6) is -0.334. The number of aromatic amines is 1. The third-order valence-electron chi connectivity index (χ3n) is 5.43. The molecule has 0 fully saturated rings. The second-order valence-corrected chi connectivity index (χ2v) is 7.54. The molecule has 1 aliphatic rings. The lowest BCUT2D eigenvalue weighted by atomic mass is 9.83. The molecule has 162 valence electrons. The molecule has 3 N–H and O–H groups in total. The molecular weight excluding hydrogens is 420 g/mol. The molecule has 33 heavy (non-hydrogen) atoms. The van der Waals surface area contributed by atoms with Gasteiger partial charge < -0.3 is 19.6 Å². The van der Waals surface area contributed by atoms with E-state index in [1.807, 2.05) is 31.2 Å². The van der Waals surface area contributed by atoms with E-state index >= 15 is 0 Å². The van der Waals surface area contributed by atoms with Crippen LogP contribution < -0.4 is 15.2 Å². The summed E-state index contributed by atoms with van der Waals surface area (Å²) in [5.41, 5.74) is 10.6. The van der Waals surface area contributed by atoms with Gasteiger partial charge >= 0.3 is 5.97 Å². The third-order valence-corrected chi connectivity index (χ3v) is 5.43. The van der Waals surface area contributed by atoms with Crippen molar-refractivity contribution >= 4 is 5.97 Å². The van der Waals surface area contributed by atoms with E-state index in [1.165, 1.54) is 12.3 Å². The predicted molar refractivity (Wildman–Crippen MR) is 118 cm³/mol. The van der Waals surface area contributed by atoms with E-state index in [1.54, 1.807) is 30.3 Å². The largest absolute Gasteiger partial charge is 0.457 e. The van der Waals surface area contributed by atoms with Crippen molar-refractivity contribution in [2.75, 3.05) is 0 Å². The number of carbonyl (C=O) groups is 1. The van der Waals surface area contributed by atoms with E-state index in [9.17, 15) is 10.1 Å². The minimum atomic E-state index is -0.598. The number of nitrogens with one attached hydrogen (secondary N) is 1. The van der Waals surface area contributed by atoms with Gasteiger partial charge in [-0.2, -0.15) is 5.26 Å². The second kappa shape index (κ2) is 8.05. The number of ether oxygens (including phenoxy) is 2. The van der Waals surface area contributed by atoms with Crippen LogP contribution in [0, 0.1) is 18.3 Å². The Morgan fingerprint density at radius 2 is 1.91 bits per heavy atom. The molecule has 5 rings (SSSR count). The Hall–Kier alpha value is -4.77. The van der Waals surface area contributed by atoms with Gasteiger partial charge in [-0.05, 0) is 36.8 Å². The number of nitrogens with two attached hydrogens (primary N) is 1. The first-order chi connectivity index (χ1) is 16.0. The molecule has 0 spiro atoms. The summed E-state index contributed by atoms with van der Waals surface area (Å²) in [7, 11) is 0. The van der Waals surface area contributed by atoms with E-state index in [-0.39, 0.29) is 17.2 Å². The number of esters is 1. The van der Waals surface area contributed by atoms with Crippen molar-refractivity contribution in [3.8, 4) is 29.0 Å². The van der Waals surface area contributed by atoms with Crippen LogP contribution in [0.4, 0.5) is 0 Å². The second-order valence-electron chi connectivity index (χ2n) is 7.54. The Labute approximate surface area is 188 Å². The number of H-pyrrole nitrogens is 1. The van der Waals surface area contributed by atoms with Gasteiger partial charge in [-0.1, -0.05) is 42.0 Å². The molecule has 3 heterocycles. The molecule has 8 nitrogen and oxygen atoms in total. The van der Waals surface area contributed by atoms with Gasteiger partial charge in [-0.3, -0.25) is 5.10 Å². The number of allylic oxidation sites excluding steroid dienone is 1. The highest BCUT2D eigenvalue weighted by atomic mass is 16.5. The average molecular weight is 438 g/mol. The number of carbonyl (C=O) groups excluding carboxylic acids is 1. The van der Waals surface area contributed by atoms with Crippen LogP contribution in [0.2, 0.25) is 0 Å². The van der Waals surface area contributed by atoms with E-state index in [2.05, 4.69) is 16.3 Å². The van der Waals surface area contributed by atoms with Crippen LogP contribution >= 0.6 is 0 Å². The van der Waals surface area contributed by atoms with Crippen LogP contribution in [0.5, 0.6) is 11.6 Å². The fourth-order valence-corrected chi connectivity index (χ4v) is 3.80. The van der Waals surface area contributed by atoms with Gasteiger partial charge in [0.1, 0.15) is 17.4 Å². The van der Waals surface area contributed by atoms with Crippen LogP contribution in [0.15, 0.2) is 82.8 Å². The van der Waals surface area contributed by atoms with E-state index in [0.717, 1.165) is 22.4 Å². The molecule has 1 atom stereocenters. The van der Waals surface area contributed by atoms with E-state index in [0.29, 0.717) is 17.2 Å². The first-order valence-corrected chi connectivity index (χ1v) is 10.1. The Morgan fingerprint density at radius 3 is 2.58 bits per heavy atom. The summed E-state index contributed by atoms with van der Waals surface area (Å²) >= 11 is 0. The normalized spacial score (nSPS) is 14.8. The molecule has 0 unspecified atom stereocenters. The molecule has 0 bridgehead atoms. The Morgan fingerprint density at radius 1 is 1.15 bits per heavy atom. The topological polar surface area (TPSA) is 127 Å². The Kier molecular flexibility index (Phi) is 4.92. The van der Waals surface area contributed by atoms with Crippen molar-refractivity contribution in [2.24, 2.45) is 5.73 Å². The number of nitriles is 1. The summed E-state index contributed by atoms with van der Waals surface area (Å²) in [6.07, 6.45) is 1.40. The third kappa shape index (κ3) is 3.62. The highest BCUT2D eigenvalue weighted by molar-refractivity contribution is 5.88. The number of nitrogens with zero attached hydrogens (tertiary/aromatic N) is 2. The van der Waals surface area contributed by atoms with Crippen LogP contribution in [-0.2, 0) is 0 Å². The van der Waals surface area contributed by atoms with Gasteiger partial charge in [0.2, 0.25) is 17.5 Å². The van der Waals surface area contributed by atoms with Crippen molar-refractivity contribution < 1.29 is 18.7 Å². The summed E-state index contributed by atoms with van der Waals surface area (Å²) in [6, 6.07) is 20.1. The number of aryl methyl sites for hydroxylation is 1. The number of hydrogen-bond donors (Lipinski definition) is 2. The molecule has 2 aromatic heterocycles. The van der Waals surface area contributed by atoms with E-state index in [4.69, 9.17) is 19.6 Å². The first-order valence-electron chi connectivity index (χ1n) is 10.1. The molecular formula is C25H18N4O4. The van der Waals surface area contributed by atoms with Gasteiger partial charge in [-0.15, -0.1) is 5.10 Å². The summed E-state index contributed by atoms with van der Waals surface area (Å²) in [5, 5.41) is 17.2. The van der Waals surface area contributed by atoms with Crippen LogP contribution in [0.3, 0.4) is 0 Å². The van der Waals surface area contributed by atoms with Gasteiger partial charge in [0.25, 0.3) is 0 Å². The first kappa shape index (κ1) is 20.2. The molecule has 0 saturated carbocycles. The molecule has 0 amide bonds. The molecule has 4 aromatic rings. The number of hydrogen-bond acceptors (Lipinski definition) is 7. The zero-order valence-electron chi connectivity index (χ0n) is 17.5. The Balaban J connectivity index is 1.53. The zero-order chi connectivity index (χ0) is 22.9. The quantitative estimate of drug-likeness (QED) is 0.357. The number of furan rings is 1. The highest BCUT2D eigenvalue weighted by Gasteiger charge is 2.35. The van der Waals surface area contributed by atoms with Crippen molar-refractivity contribution in [1.82, 2.24) is 10.2 Å². The van der Waals surface area contributed by atoms with Crippen LogP contribution in [0.25, 0.3) is 11.3 Å². The lowest BCUT2D eigenvalue weighted by Crippen LogP contribution is -2.21. The number of rotatable bonds is 4. The van der Waals surface area contributed by atoms with Crippen LogP contribution in [-0.4, -0.2) is 16.2 Å². The number of fused-ring (bicyclic) bond motifs is 1. The minimum absolute atomic E-state index is 0.00489. The molecule has 0 saturated heterocycles. The van der Waals surface area contributed by atoms with Crippen molar-refractivity contribution in [3.63, 3.8) is 0 Å². The maximum atomic E-state index is 12.1. The lowest BCUT2D eigenvalue weighted by molar-refractivity contribution is 0.0701. The molecule has 0 radical (unpaired) electrons. The fraction of sp³-hybridized carbons (Fsp3) is 0.0800. The molecule has 8 heteroatoms. The monoisotopic (exact) mass is 438 g/mol. The van der Waals surface area contributed by atoms with Gasteiger partial charge in [0.15, 0.2) is 0 Å². The predicted octanol–water partition coefficient (Wildman–Crippen LogP) is 4.42. The van der Waals surface area contributed by atoms with Gasteiger partial charge in [0, 0.05) is 5.56 Å². The van der Waals surface area contributed by atoms with Gasteiger partial charge in [0.05, 0.1) is 23.4 Å². The molecule has 1 aliphatic heterocycles. The Bertz CT molecular complexity index is 1390. The van der Waals surface area contributed by atoms with Crippen molar-refractivity contribution in [3.05, 3.63) is 101 Å². The molecule has 2 aromatic carbocycles.